The van der Waals surface area contributed by atoms with E-state index in [1.165, 1.54) is 30.3 Å². The Hall–Kier alpha value is -2.33. The van der Waals surface area contributed by atoms with Gasteiger partial charge in [-0.15, -0.1) is 0 Å². The van der Waals surface area contributed by atoms with Gasteiger partial charge in [-0.05, 0) is 35.9 Å². The average Bonchev–Trinajstić information content (AvgIpc) is 2.42. The van der Waals surface area contributed by atoms with E-state index in [0.29, 0.717) is 11.3 Å². The summed E-state index contributed by atoms with van der Waals surface area (Å²) in [5.74, 6) is -0.800. The maximum atomic E-state index is 12.7. The molecule has 2 aromatic rings. The molecule has 0 saturated heterocycles. The molecule has 0 atom stereocenters. The van der Waals surface area contributed by atoms with Crippen LogP contribution >= 0.6 is 11.6 Å². The van der Waals surface area contributed by atoms with Crippen molar-refractivity contribution < 1.29 is 14.3 Å². The van der Waals surface area contributed by atoms with Crippen LogP contribution in [0.5, 0.6) is 5.75 Å². The molecule has 2 aromatic carbocycles. The van der Waals surface area contributed by atoms with E-state index < -0.39 is 0 Å². The van der Waals surface area contributed by atoms with Gasteiger partial charge in [-0.3, -0.25) is 4.79 Å². The third kappa shape index (κ3) is 3.83. The Balaban J connectivity index is 2.01. The fraction of sp³-hybridized carbons (Fsp3) is 0. The predicted molar refractivity (Wildman–Crippen MR) is 77.2 cm³/mol. The van der Waals surface area contributed by atoms with E-state index in [0.717, 1.165) is 0 Å². The number of phenolic OH excluding ortho intramolecular Hbond substituents is 1. The molecule has 0 bridgehead atoms. The first-order valence-electron chi connectivity index (χ1n) is 5.78. The van der Waals surface area contributed by atoms with Crippen LogP contribution in [0.3, 0.4) is 0 Å². The highest BCUT2D eigenvalue weighted by molar-refractivity contribution is 6.32. The van der Waals surface area contributed by atoms with Crippen molar-refractivity contribution in [3.63, 3.8) is 0 Å². The second-order valence-corrected chi connectivity index (χ2v) is 4.45. The first kappa shape index (κ1) is 14.1. The Morgan fingerprint density at radius 2 is 1.90 bits per heavy atom. The minimum atomic E-state index is -0.365. The summed E-state index contributed by atoms with van der Waals surface area (Å²) in [7, 11) is 0. The van der Waals surface area contributed by atoms with Crippen molar-refractivity contribution in [2.24, 2.45) is 0 Å². The van der Waals surface area contributed by atoms with Crippen LogP contribution in [0.15, 0.2) is 48.5 Å². The molecule has 0 aromatic heterocycles. The maximum absolute atomic E-state index is 12.7. The largest absolute Gasteiger partial charge is 0.506 e. The standard InChI is InChI=1S/C15H11ClFNO2/c16-13-7-6-12(9-14(13)19)18-15(20)8-3-10-1-4-11(17)5-2-10/h1-9,19H,(H,18,20). The molecular formula is C15H11ClFNO2. The second kappa shape index (κ2) is 6.21. The van der Waals surface area contributed by atoms with Crippen LogP contribution in [0.2, 0.25) is 5.02 Å². The smallest absolute Gasteiger partial charge is 0.248 e. The van der Waals surface area contributed by atoms with E-state index in [1.54, 1.807) is 24.3 Å². The van der Waals surface area contributed by atoms with Gasteiger partial charge < -0.3 is 10.4 Å². The molecule has 2 N–H and O–H groups in total. The summed E-state index contributed by atoms with van der Waals surface area (Å²) in [6.45, 7) is 0. The van der Waals surface area contributed by atoms with Crippen LogP contribution < -0.4 is 5.32 Å². The minimum absolute atomic E-state index is 0.105. The molecule has 1 amide bonds. The lowest BCUT2D eigenvalue weighted by Crippen LogP contribution is -2.07. The number of benzene rings is 2. The number of halogens is 2. The molecule has 0 heterocycles. The number of hydrogen-bond donors (Lipinski definition) is 2. The topological polar surface area (TPSA) is 49.3 Å². The van der Waals surface area contributed by atoms with E-state index in [1.807, 2.05) is 0 Å². The Morgan fingerprint density at radius 3 is 2.55 bits per heavy atom. The van der Waals surface area contributed by atoms with Gasteiger partial charge in [0.05, 0.1) is 5.02 Å². The summed E-state index contributed by atoms with van der Waals surface area (Å²) in [5.41, 5.74) is 1.14. The van der Waals surface area contributed by atoms with E-state index in [9.17, 15) is 14.3 Å². The van der Waals surface area contributed by atoms with Crippen molar-refractivity contribution in [1.29, 1.82) is 0 Å². The number of carbonyl (C=O) groups excluding carboxylic acids is 1. The zero-order valence-corrected chi connectivity index (χ0v) is 11.1. The van der Waals surface area contributed by atoms with Crippen molar-refractivity contribution in [1.82, 2.24) is 0 Å². The summed E-state index contributed by atoms with van der Waals surface area (Å²) >= 11 is 5.66. The number of aromatic hydroxyl groups is 1. The van der Waals surface area contributed by atoms with Gasteiger partial charge in [0.25, 0.3) is 0 Å². The maximum Gasteiger partial charge on any atom is 0.248 e. The molecule has 0 spiro atoms. The molecule has 0 fully saturated rings. The van der Waals surface area contributed by atoms with E-state index in [4.69, 9.17) is 11.6 Å². The SMILES string of the molecule is O=C(C=Cc1ccc(F)cc1)Nc1ccc(Cl)c(O)c1. The molecule has 0 aliphatic rings. The van der Waals surface area contributed by atoms with Crippen LogP contribution in [0.4, 0.5) is 10.1 Å². The van der Waals surface area contributed by atoms with E-state index in [2.05, 4.69) is 5.32 Å². The molecular weight excluding hydrogens is 281 g/mol. The molecule has 0 aliphatic carbocycles. The predicted octanol–water partition coefficient (Wildman–Crippen LogP) is 3.84. The summed E-state index contributed by atoms with van der Waals surface area (Å²) in [5, 5.41) is 12.2. The van der Waals surface area contributed by atoms with Crippen molar-refractivity contribution >= 4 is 29.3 Å². The Labute approximate surface area is 120 Å². The van der Waals surface area contributed by atoms with Crippen LogP contribution in [0.1, 0.15) is 5.56 Å². The summed E-state index contributed by atoms with van der Waals surface area (Å²) in [6, 6.07) is 10.2. The van der Waals surface area contributed by atoms with E-state index in [-0.39, 0.29) is 22.5 Å². The van der Waals surface area contributed by atoms with Gasteiger partial charge in [-0.2, -0.15) is 0 Å². The number of carbonyl (C=O) groups is 1. The molecule has 20 heavy (non-hydrogen) atoms. The lowest BCUT2D eigenvalue weighted by Gasteiger charge is -2.03. The number of anilines is 1. The van der Waals surface area contributed by atoms with Gasteiger partial charge in [-0.25, -0.2) is 4.39 Å². The second-order valence-electron chi connectivity index (χ2n) is 4.04. The zero-order chi connectivity index (χ0) is 14.5. The van der Waals surface area contributed by atoms with Crippen molar-refractivity contribution in [3.8, 4) is 5.75 Å². The van der Waals surface area contributed by atoms with Crippen LogP contribution in [0, 0.1) is 5.82 Å². The fourth-order valence-corrected chi connectivity index (χ4v) is 1.64. The fourth-order valence-electron chi connectivity index (χ4n) is 1.52. The molecule has 0 unspecified atom stereocenters. The first-order valence-corrected chi connectivity index (χ1v) is 6.15. The van der Waals surface area contributed by atoms with Crippen molar-refractivity contribution in [2.45, 2.75) is 0 Å². The summed E-state index contributed by atoms with van der Waals surface area (Å²) < 4.78 is 12.7. The van der Waals surface area contributed by atoms with Gasteiger partial charge >= 0.3 is 0 Å². The average molecular weight is 292 g/mol. The number of amides is 1. The third-order valence-corrected chi connectivity index (χ3v) is 2.83. The zero-order valence-electron chi connectivity index (χ0n) is 10.3. The highest BCUT2D eigenvalue weighted by Crippen LogP contribution is 2.26. The highest BCUT2D eigenvalue weighted by Gasteiger charge is 2.02. The normalized spacial score (nSPS) is 10.7. The molecule has 0 radical (unpaired) electrons. The van der Waals surface area contributed by atoms with Crippen LogP contribution in [0.25, 0.3) is 6.08 Å². The summed E-state index contributed by atoms with van der Waals surface area (Å²) in [6.07, 6.45) is 2.88. The van der Waals surface area contributed by atoms with Crippen molar-refractivity contribution in [3.05, 3.63) is 64.9 Å². The first-order chi connectivity index (χ1) is 9.54. The third-order valence-electron chi connectivity index (χ3n) is 2.51. The number of hydrogen-bond acceptors (Lipinski definition) is 2. The van der Waals surface area contributed by atoms with Crippen LogP contribution in [-0.2, 0) is 4.79 Å². The summed E-state index contributed by atoms with van der Waals surface area (Å²) in [4.78, 5) is 11.7. The monoisotopic (exact) mass is 291 g/mol. The van der Waals surface area contributed by atoms with Crippen molar-refractivity contribution in [2.75, 3.05) is 5.32 Å². The molecule has 5 heteroatoms. The Morgan fingerprint density at radius 1 is 1.20 bits per heavy atom. The van der Waals surface area contributed by atoms with E-state index >= 15 is 0 Å². The van der Waals surface area contributed by atoms with Gasteiger partial charge in [0.1, 0.15) is 11.6 Å². The lowest BCUT2D eigenvalue weighted by molar-refractivity contribution is -0.111. The number of nitrogens with one attached hydrogen (secondary N) is 1. The Bertz CT molecular complexity index is 653. The molecule has 3 nitrogen and oxygen atoms in total. The van der Waals surface area contributed by atoms with Crippen LogP contribution in [-0.4, -0.2) is 11.0 Å². The highest BCUT2D eigenvalue weighted by atomic mass is 35.5. The van der Waals surface area contributed by atoms with Gasteiger partial charge in [-0.1, -0.05) is 23.7 Å². The number of phenols is 1. The Kier molecular flexibility index (Phi) is 4.38. The quantitative estimate of drug-likeness (QED) is 0.844. The lowest BCUT2D eigenvalue weighted by atomic mass is 10.2. The molecule has 0 aliphatic heterocycles. The van der Waals surface area contributed by atoms with Gasteiger partial charge in [0.15, 0.2) is 0 Å². The van der Waals surface area contributed by atoms with Gasteiger partial charge in [0.2, 0.25) is 5.91 Å². The molecule has 102 valence electrons. The molecule has 0 saturated carbocycles. The number of rotatable bonds is 3. The minimum Gasteiger partial charge on any atom is -0.506 e. The van der Waals surface area contributed by atoms with Gasteiger partial charge in [0, 0.05) is 17.8 Å². The molecule has 2 rings (SSSR count).